The molecule has 0 saturated heterocycles. The summed E-state index contributed by atoms with van der Waals surface area (Å²) in [5.41, 5.74) is 2.88. The number of aromatic nitrogens is 1. The molecule has 0 bridgehead atoms. The lowest BCUT2D eigenvalue weighted by molar-refractivity contribution is -0.116. The maximum atomic E-state index is 13.3. The number of nitrogens with one attached hydrogen (secondary N) is 1. The number of aliphatic hydroxyl groups is 1. The lowest BCUT2D eigenvalue weighted by Crippen LogP contribution is -2.18. The van der Waals surface area contributed by atoms with Crippen molar-refractivity contribution in [3.8, 4) is 5.75 Å². The monoisotopic (exact) mass is 630 g/mol. The van der Waals surface area contributed by atoms with Crippen LogP contribution in [0, 0.1) is 0 Å². The van der Waals surface area contributed by atoms with Crippen molar-refractivity contribution in [2.24, 2.45) is 0 Å². The Morgan fingerprint density at radius 1 is 0.933 bits per heavy atom. The van der Waals surface area contributed by atoms with Crippen molar-refractivity contribution in [2.75, 3.05) is 5.32 Å². The van der Waals surface area contributed by atoms with Crippen LogP contribution in [-0.2, 0) is 32.2 Å². The van der Waals surface area contributed by atoms with Crippen LogP contribution >= 0.6 is 0 Å². The molecule has 3 aromatic carbocycles. The lowest BCUT2D eigenvalue weighted by Gasteiger charge is -2.28. The van der Waals surface area contributed by atoms with Crippen LogP contribution < -0.4 is 5.32 Å². The van der Waals surface area contributed by atoms with Gasteiger partial charge in [0.05, 0.1) is 28.9 Å². The molecule has 0 aliphatic heterocycles. The minimum atomic E-state index is -4.68. The molecule has 1 heterocycles. The van der Waals surface area contributed by atoms with Crippen molar-refractivity contribution < 1.29 is 32.8 Å². The number of hydrogen-bond donors (Lipinski definition) is 4. The highest BCUT2D eigenvalue weighted by atomic mass is 32.2. The Morgan fingerprint density at radius 2 is 1.56 bits per heavy atom. The molecule has 0 spiro atoms. The molecule has 1 aliphatic rings. The molecule has 10 heteroatoms. The van der Waals surface area contributed by atoms with Gasteiger partial charge in [-0.3, -0.25) is 14.1 Å². The highest BCUT2D eigenvalue weighted by Crippen LogP contribution is 2.45. The molecule has 4 aromatic rings. The van der Waals surface area contributed by atoms with Gasteiger partial charge in [-0.1, -0.05) is 84.0 Å². The standard InChI is InChI=1S/C35H38N2O7S/c1-34(2,3)22-17-19(18-23(32(22)40)35(4,5)6)13-16-27(38)36-25-11-7-9-20-14-15-24(37-30(20)25)29-31(39)21-10-8-12-26(45(42,43)44)28(21)33(29)41/h7-12,14-15,17-18,29,33,40-41H,13,16H2,1-6H3,(H,36,38)(H,42,43,44). The van der Waals surface area contributed by atoms with Crippen LogP contribution in [0.15, 0.2) is 65.6 Å². The highest BCUT2D eigenvalue weighted by molar-refractivity contribution is 7.85. The largest absolute Gasteiger partial charge is 0.507 e. The number of rotatable bonds is 6. The van der Waals surface area contributed by atoms with Gasteiger partial charge in [0, 0.05) is 22.9 Å². The number of aliphatic hydroxyl groups excluding tert-OH is 1. The minimum Gasteiger partial charge on any atom is -0.507 e. The second-order valence-corrected chi connectivity index (χ2v) is 15.1. The van der Waals surface area contributed by atoms with Crippen LogP contribution in [-0.4, -0.2) is 39.9 Å². The van der Waals surface area contributed by atoms with Crippen LogP contribution in [0.1, 0.15) is 98.3 Å². The Kier molecular flexibility index (Phi) is 8.14. The summed E-state index contributed by atoms with van der Waals surface area (Å²) in [6.07, 6.45) is -0.931. The molecular formula is C35H38N2O7S. The van der Waals surface area contributed by atoms with Crippen molar-refractivity contribution in [1.82, 2.24) is 4.98 Å². The average molecular weight is 631 g/mol. The number of benzene rings is 3. The number of nitrogens with zero attached hydrogens (tertiary/aromatic N) is 1. The highest BCUT2D eigenvalue weighted by Gasteiger charge is 2.43. The molecule has 5 rings (SSSR count). The maximum absolute atomic E-state index is 13.3. The number of ketones is 1. The number of anilines is 1. The second kappa shape index (κ2) is 11.3. The van der Waals surface area contributed by atoms with E-state index in [2.05, 4.69) is 10.3 Å². The van der Waals surface area contributed by atoms with E-state index in [9.17, 15) is 32.8 Å². The summed E-state index contributed by atoms with van der Waals surface area (Å²) in [6.45, 7) is 12.2. The van der Waals surface area contributed by atoms with E-state index in [4.69, 9.17) is 0 Å². The lowest BCUT2D eigenvalue weighted by atomic mass is 9.78. The second-order valence-electron chi connectivity index (χ2n) is 13.7. The first kappa shape index (κ1) is 32.3. The molecule has 236 valence electrons. The van der Waals surface area contributed by atoms with Crippen molar-refractivity contribution in [2.45, 2.75) is 82.1 Å². The summed E-state index contributed by atoms with van der Waals surface area (Å²) >= 11 is 0. The number of pyridine rings is 1. The van der Waals surface area contributed by atoms with Gasteiger partial charge >= 0.3 is 0 Å². The molecule has 45 heavy (non-hydrogen) atoms. The normalized spacial score (nSPS) is 17.0. The Bertz CT molecular complexity index is 1920. The predicted molar refractivity (Wildman–Crippen MR) is 172 cm³/mol. The molecule has 2 atom stereocenters. The fourth-order valence-electron chi connectivity index (χ4n) is 5.95. The number of aryl methyl sites for hydroxylation is 1. The van der Waals surface area contributed by atoms with Crippen molar-refractivity contribution >= 4 is 38.4 Å². The van der Waals surface area contributed by atoms with Crippen LogP contribution in [0.2, 0.25) is 0 Å². The summed E-state index contributed by atoms with van der Waals surface area (Å²) in [5, 5.41) is 25.8. The number of phenols is 1. The van der Waals surface area contributed by atoms with Crippen LogP contribution in [0.25, 0.3) is 10.9 Å². The molecule has 0 saturated carbocycles. The van der Waals surface area contributed by atoms with Crippen molar-refractivity contribution in [1.29, 1.82) is 0 Å². The summed E-state index contributed by atoms with van der Waals surface area (Å²) in [7, 11) is -4.68. The van der Waals surface area contributed by atoms with E-state index in [0.717, 1.165) is 22.8 Å². The van der Waals surface area contributed by atoms with Gasteiger partial charge < -0.3 is 15.5 Å². The van der Waals surface area contributed by atoms with Crippen molar-refractivity contribution in [3.63, 3.8) is 0 Å². The third-order valence-corrected chi connectivity index (χ3v) is 9.18. The third-order valence-electron chi connectivity index (χ3n) is 8.26. The van der Waals surface area contributed by atoms with Gasteiger partial charge in [0.25, 0.3) is 10.1 Å². The zero-order valence-corrected chi connectivity index (χ0v) is 27.0. The number of phenolic OH excluding ortho intramolecular Hbond substituents is 1. The van der Waals surface area contributed by atoms with Gasteiger partial charge in [-0.05, 0) is 52.1 Å². The number of para-hydroxylation sites is 1. The molecule has 1 amide bonds. The Balaban J connectivity index is 1.42. The fourth-order valence-corrected chi connectivity index (χ4v) is 6.71. The van der Waals surface area contributed by atoms with E-state index in [1.54, 1.807) is 30.3 Å². The Hall–Kier alpha value is -4.12. The number of Topliss-reactive ketones (excluding diaryl/α,β-unsaturated/α-hetero) is 1. The van der Waals surface area contributed by atoms with E-state index < -0.39 is 32.8 Å². The van der Waals surface area contributed by atoms with Crippen LogP contribution in [0.4, 0.5) is 5.69 Å². The molecule has 0 radical (unpaired) electrons. The molecular weight excluding hydrogens is 592 g/mol. The number of fused-ring (bicyclic) bond motifs is 2. The molecule has 9 nitrogen and oxygen atoms in total. The van der Waals surface area contributed by atoms with Gasteiger partial charge in [-0.15, -0.1) is 0 Å². The maximum Gasteiger partial charge on any atom is 0.294 e. The smallest absolute Gasteiger partial charge is 0.294 e. The average Bonchev–Trinajstić information content (AvgIpc) is 3.20. The first-order valence-corrected chi connectivity index (χ1v) is 16.2. The number of carbonyl (C=O) groups is 2. The SMILES string of the molecule is CC(C)(C)c1cc(CCC(=O)Nc2cccc3ccc(C4C(=O)c5cccc(S(=O)(=O)O)c5C4O)nc23)cc(C(C)(C)C)c1O. The van der Waals surface area contributed by atoms with Crippen molar-refractivity contribution in [3.05, 3.63) is 94.2 Å². The number of amides is 1. The Morgan fingerprint density at radius 3 is 2.16 bits per heavy atom. The zero-order chi connectivity index (χ0) is 33.1. The van der Waals surface area contributed by atoms with E-state index in [-0.39, 0.29) is 45.7 Å². The van der Waals surface area contributed by atoms with Gasteiger partial charge in [-0.2, -0.15) is 8.42 Å². The van der Waals surface area contributed by atoms with Gasteiger partial charge in [0.2, 0.25) is 5.91 Å². The zero-order valence-electron chi connectivity index (χ0n) is 26.2. The predicted octanol–water partition coefficient (Wildman–Crippen LogP) is 6.37. The van der Waals surface area contributed by atoms with E-state index in [0.29, 0.717) is 23.0 Å². The minimum absolute atomic E-state index is 0.00424. The van der Waals surface area contributed by atoms with E-state index in [1.807, 2.05) is 53.7 Å². The number of aromatic hydroxyl groups is 1. The quantitative estimate of drug-likeness (QED) is 0.179. The van der Waals surface area contributed by atoms with Gasteiger partial charge in [0.1, 0.15) is 10.6 Å². The number of carbonyl (C=O) groups excluding carboxylic acids is 2. The Labute approximate surface area is 263 Å². The molecule has 4 N–H and O–H groups in total. The molecule has 1 aromatic heterocycles. The van der Waals surface area contributed by atoms with Crippen LogP contribution in [0.3, 0.4) is 0 Å². The van der Waals surface area contributed by atoms with E-state index in [1.165, 1.54) is 12.1 Å². The summed E-state index contributed by atoms with van der Waals surface area (Å²) in [4.78, 5) is 30.7. The first-order valence-electron chi connectivity index (χ1n) is 14.8. The summed E-state index contributed by atoms with van der Waals surface area (Å²) in [5.74, 6) is -1.68. The topological polar surface area (TPSA) is 154 Å². The van der Waals surface area contributed by atoms with Crippen LogP contribution in [0.5, 0.6) is 5.75 Å². The summed E-state index contributed by atoms with van der Waals surface area (Å²) in [6, 6.07) is 16.4. The number of hydrogen-bond acceptors (Lipinski definition) is 7. The fraction of sp³-hybridized carbons (Fsp3) is 0.343. The summed E-state index contributed by atoms with van der Waals surface area (Å²) < 4.78 is 33.6. The molecule has 2 unspecified atom stereocenters. The van der Waals surface area contributed by atoms with Gasteiger partial charge in [-0.25, -0.2) is 4.98 Å². The van der Waals surface area contributed by atoms with Gasteiger partial charge in [0.15, 0.2) is 5.78 Å². The third kappa shape index (κ3) is 6.22. The first-order chi connectivity index (χ1) is 20.9. The molecule has 0 fully saturated rings. The van der Waals surface area contributed by atoms with E-state index >= 15 is 0 Å². The molecule has 1 aliphatic carbocycles.